The number of methoxy groups -OCH3 is 1. The third kappa shape index (κ3) is 6.93. The van der Waals surface area contributed by atoms with E-state index >= 15 is 0 Å². The lowest BCUT2D eigenvalue weighted by atomic mass is 10.1. The number of benzene rings is 1. The molecule has 1 saturated heterocycles. The summed E-state index contributed by atoms with van der Waals surface area (Å²) < 4.78 is 47.1. The number of ether oxygens (including phenoxy) is 1. The maximum Gasteiger partial charge on any atom is 0.246 e. The first kappa shape index (κ1) is 38.1. The minimum atomic E-state index is -4.22. The second kappa shape index (κ2) is 13.8. The van der Waals surface area contributed by atoms with Crippen LogP contribution in [-0.2, 0) is 38.8 Å². The molecule has 1 aliphatic carbocycles. The van der Waals surface area contributed by atoms with Crippen molar-refractivity contribution in [3.8, 4) is 23.2 Å². The summed E-state index contributed by atoms with van der Waals surface area (Å²) >= 11 is 0. The van der Waals surface area contributed by atoms with Crippen molar-refractivity contribution in [2.24, 2.45) is 5.92 Å². The van der Waals surface area contributed by atoms with Crippen LogP contribution in [0.5, 0.6) is 5.75 Å². The number of imidazole rings is 1. The van der Waals surface area contributed by atoms with Crippen LogP contribution in [0.1, 0.15) is 58.7 Å². The number of pyridine rings is 1. The van der Waals surface area contributed by atoms with Crippen LogP contribution in [0, 0.1) is 17.2 Å². The number of amides is 1. The van der Waals surface area contributed by atoms with Crippen LogP contribution in [0.15, 0.2) is 53.7 Å². The molecule has 1 amide bonds. The molecule has 1 aromatic carbocycles. The van der Waals surface area contributed by atoms with Crippen molar-refractivity contribution in [1.82, 2.24) is 28.4 Å². The summed E-state index contributed by atoms with van der Waals surface area (Å²) in [6.07, 6.45) is 5.09. The Morgan fingerprint density at radius 3 is 2.37 bits per heavy atom. The Kier molecular flexibility index (Phi) is 9.73. The summed E-state index contributed by atoms with van der Waals surface area (Å²) in [5.74, 6) is 0.657. The van der Waals surface area contributed by atoms with E-state index in [2.05, 4.69) is 50.9 Å². The SMILES string of the molecule is COc1ccc(CN(C2(C#N)CC2)S(=O)(=O)c2cc(N3CCN(C(=O)C(C)C)CC3)c3ncc(-c4cc5n(n4)CC(O[Si](C)(C)C(C)(C)C)C5)n3c2)cc1. The lowest BCUT2D eigenvalue weighted by Crippen LogP contribution is -2.50. The van der Waals surface area contributed by atoms with E-state index in [4.69, 9.17) is 19.2 Å². The predicted molar refractivity (Wildman–Crippen MR) is 209 cm³/mol. The molecule has 288 valence electrons. The van der Waals surface area contributed by atoms with Gasteiger partial charge >= 0.3 is 0 Å². The fourth-order valence-electron chi connectivity index (χ4n) is 7.23. The Hall–Kier alpha value is -4.23. The average Bonchev–Trinajstić information content (AvgIpc) is 3.42. The quantitative estimate of drug-likeness (QED) is 0.176. The first-order valence-electron chi connectivity index (χ1n) is 18.8. The fraction of sp³-hybridized carbons (Fsp3) is 0.538. The Morgan fingerprint density at radius 1 is 1.11 bits per heavy atom. The first-order chi connectivity index (χ1) is 25.5. The van der Waals surface area contributed by atoms with Gasteiger partial charge in [0.2, 0.25) is 15.9 Å². The van der Waals surface area contributed by atoms with E-state index in [0.717, 1.165) is 17.7 Å². The summed E-state index contributed by atoms with van der Waals surface area (Å²) in [4.78, 5) is 21.7. The second-order valence-corrected chi connectivity index (χ2v) is 23.4. The average molecular weight is 773 g/mol. The Morgan fingerprint density at radius 2 is 1.80 bits per heavy atom. The van der Waals surface area contributed by atoms with Gasteiger partial charge in [0.05, 0.1) is 43.4 Å². The minimum Gasteiger partial charge on any atom is -0.497 e. The molecular formula is C39H52N8O5SSi. The van der Waals surface area contributed by atoms with Crippen LogP contribution in [0.3, 0.4) is 0 Å². The van der Waals surface area contributed by atoms with Crippen molar-refractivity contribution < 1.29 is 22.4 Å². The fourth-order valence-corrected chi connectivity index (χ4v) is 10.3. The van der Waals surface area contributed by atoms with Gasteiger partial charge in [-0.1, -0.05) is 46.8 Å². The van der Waals surface area contributed by atoms with E-state index in [9.17, 15) is 18.5 Å². The number of rotatable bonds is 11. The molecular weight excluding hydrogens is 721 g/mol. The molecule has 0 N–H and O–H groups in total. The van der Waals surface area contributed by atoms with Gasteiger partial charge in [-0.15, -0.1) is 0 Å². The molecule has 3 aromatic heterocycles. The number of fused-ring (bicyclic) bond motifs is 2. The van der Waals surface area contributed by atoms with Crippen molar-refractivity contribution in [2.45, 2.75) is 102 Å². The molecule has 0 bridgehead atoms. The molecule has 54 heavy (non-hydrogen) atoms. The summed E-state index contributed by atoms with van der Waals surface area (Å²) in [6, 6.07) is 13.3. The maximum atomic E-state index is 14.9. The number of piperazine rings is 1. The number of hydrogen-bond acceptors (Lipinski definition) is 9. The van der Waals surface area contributed by atoms with E-state index in [1.54, 1.807) is 37.7 Å². The van der Waals surface area contributed by atoms with Gasteiger partial charge < -0.3 is 19.0 Å². The monoisotopic (exact) mass is 772 g/mol. The Bertz CT molecular complexity index is 2180. The Labute approximate surface area is 319 Å². The van der Waals surface area contributed by atoms with Crippen LogP contribution in [0.4, 0.5) is 5.69 Å². The highest BCUT2D eigenvalue weighted by Gasteiger charge is 2.54. The van der Waals surface area contributed by atoms with Gasteiger partial charge in [-0.2, -0.15) is 14.7 Å². The molecule has 15 heteroatoms. The lowest BCUT2D eigenvalue weighted by molar-refractivity contribution is -0.134. The Balaban J connectivity index is 1.27. The van der Waals surface area contributed by atoms with E-state index in [0.29, 0.717) is 74.0 Å². The van der Waals surface area contributed by atoms with Crippen LogP contribution in [0.25, 0.3) is 17.0 Å². The zero-order valence-corrected chi connectivity index (χ0v) is 34.5. The van der Waals surface area contributed by atoms with Gasteiger partial charge in [0.25, 0.3) is 0 Å². The highest BCUT2D eigenvalue weighted by atomic mass is 32.2. The maximum absolute atomic E-state index is 14.9. The highest BCUT2D eigenvalue weighted by Crippen LogP contribution is 2.46. The molecule has 3 aliphatic rings. The number of anilines is 1. The number of carbonyl (C=O) groups is 1. The second-order valence-electron chi connectivity index (χ2n) is 16.8. The number of nitriles is 1. The third-order valence-electron chi connectivity index (χ3n) is 11.7. The van der Waals surface area contributed by atoms with Crippen LogP contribution < -0.4 is 9.64 Å². The summed E-state index contributed by atoms with van der Waals surface area (Å²) in [5.41, 5.74) is 3.30. The summed E-state index contributed by atoms with van der Waals surface area (Å²) in [7, 11) is -4.60. The van der Waals surface area contributed by atoms with E-state index in [1.165, 1.54) is 4.31 Å². The number of hydrogen-bond donors (Lipinski definition) is 0. The number of nitrogens with zero attached hydrogens (tertiary/aromatic N) is 8. The summed E-state index contributed by atoms with van der Waals surface area (Å²) in [6.45, 7) is 17.8. The third-order valence-corrected chi connectivity index (χ3v) is 18.1. The zero-order valence-electron chi connectivity index (χ0n) is 32.7. The molecule has 0 radical (unpaired) electrons. The molecule has 13 nitrogen and oxygen atoms in total. The molecule has 1 atom stereocenters. The van der Waals surface area contributed by atoms with Crippen molar-refractivity contribution >= 4 is 35.6 Å². The normalized spacial score (nSPS) is 18.7. The summed E-state index contributed by atoms with van der Waals surface area (Å²) in [5, 5.41) is 15.4. The van der Waals surface area contributed by atoms with Gasteiger partial charge in [-0.25, -0.2) is 13.4 Å². The van der Waals surface area contributed by atoms with Crippen molar-refractivity contribution in [3.05, 3.63) is 60.0 Å². The number of carbonyl (C=O) groups excluding carboxylic acids is 1. The topological polar surface area (TPSA) is 138 Å². The molecule has 7 rings (SSSR count). The van der Waals surface area contributed by atoms with Gasteiger partial charge in [0, 0.05) is 57.0 Å². The van der Waals surface area contributed by atoms with Gasteiger partial charge in [-0.05, 0) is 60.8 Å². The van der Waals surface area contributed by atoms with Gasteiger partial charge in [0.1, 0.15) is 21.9 Å². The first-order valence-corrected chi connectivity index (χ1v) is 23.2. The minimum absolute atomic E-state index is 0.0336. The lowest BCUT2D eigenvalue weighted by Gasteiger charge is -2.38. The largest absolute Gasteiger partial charge is 0.497 e. The van der Waals surface area contributed by atoms with Crippen LogP contribution in [-0.4, -0.2) is 95.9 Å². The van der Waals surface area contributed by atoms with E-state index in [-0.39, 0.29) is 34.4 Å². The molecule has 2 fully saturated rings. The van der Waals surface area contributed by atoms with E-state index < -0.39 is 23.9 Å². The number of sulfonamides is 1. The van der Waals surface area contributed by atoms with Crippen molar-refractivity contribution in [3.63, 3.8) is 0 Å². The molecule has 0 spiro atoms. The zero-order chi connectivity index (χ0) is 38.8. The predicted octanol–water partition coefficient (Wildman–Crippen LogP) is 5.70. The van der Waals surface area contributed by atoms with Crippen LogP contribution in [0.2, 0.25) is 18.1 Å². The van der Waals surface area contributed by atoms with Gasteiger partial charge in [-0.3, -0.25) is 13.9 Å². The molecule has 2 aliphatic heterocycles. The number of aromatic nitrogens is 4. The highest BCUT2D eigenvalue weighted by molar-refractivity contribution is 7.89. The smallest absolute Gasteiger partial charge is 0.246 e. The van der Waals surface area contributed by atoms with Crippen LogP contribution >= 0.6 is 0 Å². The van der Waals surface area contributed by atoms with Crippen molar-refractivity contribution in [1.29, 1.82) is 5.26 Å². The van der Waals surface area contributed by atoms with E-state index in [1.807, 2.05) is 40.0 Å². The molecule has 1 saturated carbocycles. The molecule has 1 unspecified atom stereocenters. The molecule has 5 heterocycles. The van der Waals surface area contributed by atoms with Gasteiger partial charge in [0.15, 0.2) is 14.0 Å². The standard InChI is InChI=1S/C39H52N8O5SSi/c1-27(2)37(48)44-17-15-43(16-18-44)34-21-32(53(49,50)47(39(26-40)13-14-39)23-28-9-11-30(51-6)12-10-28)25-45-35(22-41-36(34)45)33-20-29-19-31(24-46(29)42-33)52-54(7,8)38(3,4)5/h9-12,20-22,25,27,31H,13-19,23-24H2,1-8H3. The van der Waals surface area contributed by atoms with Crippen molar-refractivity contribution in [2.75, 3.05) is 38.2 Å². The molecule has 4 aromatic rings.